The molecule has 2 nitrogen and oxygen atoms in total. The van der Waals surface area contributed by atoms with E-state index in [0.29, 0.717) is 6.61 Å². The first kappa shape index (κ1) is 12.8. The highest BCUT2D eigenvalue weighted by atomic mass is 16.6. The molecule has 0 aliphatic carbocycles. The van der Waals surface area contributed by atoms with Crippen molar-refractivity contribution in [2.75, 3.05) is 0 Å². The third-order valence-corrected chi connectivity index (χ3v) is 3.00. The van der Waals surface area contributed by atoms with E-state index in [4.69, 9.17) is 4.84 Å². The van der Waals surface area contributed by atoms with Crippen molar-refractivity contribution in [2.24, 2.45) is 0 Å². The fourth-order valence-corrected chi connectivity index (χ4v) is 1.96. The van der Waals surface area contributed by atoms with Crippen LogP contribution in [-0.2, 0) is 11.4 Å². The second-order valence-electron chi connectivity index (χ2n) is 4.47. The van der Waals surface area contributed by atoms with Crippen LogP contribution in [0.15, 0.2) is 54.6 Å². The molecule has 0 bridgehead atoms. The quantitative estimate of drug-likeness (QED) is 0.804. The number of aryl methyl sites for hydroxylation is 1. The Morgan fingerprint density at radius 2 is 1.67 bits per heavy atom. The molecule has 0 amide bonds. The van der Waals surface area contributed by atoms with E-state index in [0.717, 1.165) is 0 Å². The summed E-state index contributed by atoms with van der Waals surface area (Å²) in [6.07, 6.45) is 0. The molecule has 0 saturated heterocycles. The summed E-state index contributed by atoms with van der Waals surface area (Å²) >= 11 is 0. The highest BCUT2D eigenvalue weighted by Crippen LogP contribution is 2.16. The molecule has 1 N–H and O–H groups in total. The first-order chi connectivity index (χ1) is 8.77. The van der Waals surface area contributed by atoms with Crippen LogP contribution in [0.2, 0.25) is 0 Å². The van der Waals surface area contributed by atoms with Crippen molar-refractivity contribution in [3.63, 3.8) is 0 Å². The Bertz CT molecular complexity index is 481. The zero-order valence-electron chi connectivity index (χ0n) is 10.9. The largest absolute Gasteiger partial charge is 0.296 e. The van der Waals surface area contributed by atoms with E-state index in [2.05, 4.69) is 55.7 Å². The maximum absolute atomic E-state index is 5.54. The second kappa shape index (κ2) is 6.34. The zero-order chi connectivity index (χ0) is 12.8. The summed E-state index contributed by atoms with van der Waals surface area (Å²) in [5, 5.41) is 0. The Morgan fingerprint density at radius 3 is 2.39 bits per heavy atom. The lowest BCUT2D eigenvalue weighted by atomic mass is 10.0. The van der Waals surface area contributed by atoms with Crippen LogP contribution in [0, 0.1) is 6.92 Å². The number of hydroxylamine groups is 1. The standard InChI is InChI=1S/C16H19NO/c1-13-8-6-7-11-16(13)14(2)17-18-12-15-9-4-3-5-10-15/h3-11,14,17H,12H2,1-2H3. The van der Waals surface area contributed by atoms with Gasteiger partial charge >= 0.3 is 0 Å². The van der Waals surface area contributed by atoms with E-state index < -0.39 is 0 Å². The minimum atomic E-state index is 0.190. The average Bonchev–Trinajstić information content (AvgIpc) is 2.40. The van der Waals surface area contributed by atoms with Gasteiger partial charge in [0, 0.05) is 0 Å². The summed E-state index contributed by atoms with van der Waals surface area (Å²) in [6.45, 7) is 4.80. The van der Waals surface area contributed by atoms with E-state index in [1.165, 1.54) is 16.7 Å². The normalized spacial score (nSPS) is 12.3. The van der Waals surface area contributed by atoms with Gasteiger partial charge in [0.15, 0.2) is 0 Å². The smallest absolute Gasteiger partial charge is 0.0933 e. The summed E-state index contributed by atoms with van der Waals surface area (Å²) in [5.41, 5.74) is 6.80. The topological polar surface area (TPSA) is 21.3 Å². The number of hydrogen-bond acceptors (Lipinski definition) is 2. The van der Waals surface area contributed by atoms with E-state index in [1.54, 1.807) is 0 Å². The van der Waals surface area contributed by atoms with E-state index >= 15 is 0 Å². The second-order valence-corrected chi connectivity index (χ2v) is 4.47. The molecule has 0 radical (unpaired) electrons. The SMILES string of the molecule is Cc1ccccc1C(C)NOCc1ccccc1. The fraction of sp³-hybridized carbons (Fsp3) is 0.250. The first-order valence-electron chi connectivity index (χ1n) is 6.24. The summed E-state index contributed by atoms with van der Waals surface area (Å²) in [6, 6.07) is 18.7. The van der Waals surface area contributed by atoms with E-state index in [9.17, 15) is 0 Å². The predicted octanol–water partition coefficient (Wildman–Crippen LogP) is 3.78. The van der Waals surface area contributed by atoms with Gasteiger partial charge in [-0.15, -0.1) is 0 Å². The molecule has 1 atom stereocenters. The molecular formula is C16H19NO. The van der Waals surface area contributed by atoms with Crippen LogP contribution >= 0.6 is 0 Å². The molecule has 2 heteroatoms. The number of hydrogen-bond donors (Lipinski definition) is 1. The van der Waals surface area contributed by atoms with Gasteiger partial charge in [-0.05, 0) is 30.5 Å². The lowest BCUT2D eigenvalue weighted by Gasteiger charge is -2.16. The van der Waals surface area contributed by atoms with Crippen molar-refractivity contribution >= 4 is 0 Å². The van der Waals surface area contributed by atoms with Crippen LogP contribution in [0.3, 0.4) is 0 Å². The number of benzene rings is 2. The average molecular weight is 241 g/mol. The monoisotopic (exact) mass is 241 g/mol. The first-order valence-corrected chi connectivity index (χ1v) is 6.24. The van der Waals surface area contributed by atoms with Gasteiger partial charge in [0.1, 0.15) is 0 Å². The van der Waals surface area contributed by atoms with Crippen LogP contribution in [0.1, 0.15) is 29.7 Å². The molecule has 2 rings (SSSR count). The Kier molecular flexibility index (Phi) is 4.51. The zero-order valence-corrected chi connectivity index (χ0v) is 10.9. The van der Waals surface area contributed by atoms with E-state index in [1.807, 2.05) is 18.2 Å². The van der Waals surface area contributed by atoms with Crippen LogP contribution in [0.4, 0.5) is 0 Å². The molecule has 0 heterocycles. The molecule has 0 aliphatic heterocycles. The lowest BCUT2D eigenvalue weighted by molar-refractivity contribution is 0.00686. The van der Waals surface area contributed by atoms with Crippen molar-refractivity contribution in [1.82, 2.24) is 5.48 Å². The van der Waals surface area contributed by atoms with Crippen molar-refractivity contribution in [1.29, 1.82) is 0 Å². The minimum absolute atomic E-state index is 0.190. The van der Waals surface area contributed by atoms with Crippen LogP contribution in [-0.4, -0.2) is 0 Å². The molecule has 0 fully saturated rings. The maximum Gasteiger partial charge on any atom is 0.0933 e. The van der Waals surface area contributed by atoms with Gasteiger partial charge in [-0.3, -0.25) is 4.84 Å². The fourth-order valence-electron chi connectivity index (χ4n) is 1.96. The molecule has 2 aromatic rings. The predicted molar refractivity (Wildman–Crippen MR) is 74.0 cm³/mol. The van der Waals surface area contributed by atoms with Crippen molar-refractivity contribution in [2.45, 2.75) is 26.5 Å². The van der Waals surface area contributed by atoms with E-state index in [-0.39, 0.29) is 6.04 Å². The summed E-state index contributed by atoms with van der Waals surface area (Å²) in [5.74, 6) is 0. The molecule has 0 spiro atoms. The Labute approximate surface area is 109 Å². The Balaban J connectivity index is 1.86. The highest BCUT2D eigenvalue weighted by Gasteiger charge is 2.06. The van der Waals surface area contributed by atoms with Crippen LogP contribution in [0.5, 0.6) is 0 Å². The third-order valence-electron chi connectivity index (χ3n) is 3.00. The Morgan fingerprint density at radius 1 is 1.00 bits per heavy atom. The lowest BCUT2D eigenvalue weighted by Crippen LogP contribution is -2.19. The van der Waals surface area contributed by atoms with Crippen molar-refractivity contribution in [3.8, 4) is 0 Å². The highest BCUT2D eigenvalue weighted by molar-refractivity contribution is 5.27. The van der Waals surface area contributed by atoms with Gasteiger partial charge < -0.3 is 0 Å². The molecule has 0 aliphatic rings. The van der Waals surface area contributed by atoms with Crippen molar-refractivity contribution in [3.05, 3.63) is 71.3 Å². The molecule has 0 aromatic heterocycles. The van der Waals surface area contributed by atoms with Gasteiger partial charge in [0.2, 0.25) is 0 Å². The minimum Gasteiger partial charge on any atom is -0.296 e. The molecule has 2 aromatic carbocycles. The summed E-state index contributed by atoms with van der Waals surface area (Å²) in [7, 11) is 0. The van der Waals surface area contributed by atoms with Crippen LogP contribution in [0.25, 0.3) is 0 Å². The van der Waals surface area contributed by atoms with Gasteiger partial charge in [0.25, 0.3) is 0 Å². The number of rotatable bonds is 5. The molecule has 18 heavy (non-hydrogen) atoms. The summed E-state index contributed by atoms with van der Waals surface area (Å²) in [4.78, 5) is 5.54. The summed E-state index contributed by atoms with van der Waals surface area (Å²) < 4.78 is 0. The molecule has 0 saturated carbocycles. The maximum atomic E-state index is 5.54. The van der Waals surface area contributed by atoms with Gasteiger partial charge in [-0.2, -0.15) is 5.48 Å². The molecule has 94 valence electrons. The third kappa shape index (κ3) is 3.42. The van der Waals surface area contributed by atoms with Crippen molar-refractivity contribution < 1.29 is 4.84 Å². The van der Waals surface area contributed by atoms with Gasteiger partial charge in [-0.1, -0.05) is 54.6 Å². The number of nitrogens with one attached hydrogen (secondary N) is 1. The Hall–Kier alpha value is -1.64. The molecule has 1 unspecified atom stereocenters. The van der Waals surface area contributed by atoms with Crippen LogP contribution < -0.4 is 5.48 Å². The molecular weight excluding hydrogens is 222 g/mol. The van der Waals surface area contributed by atoms with Gasteiger partial charge in [-0.25, -0.2) is 0 Å². The van der Waals surface area contributed by atoms with Gasteiger partial charge in [0.05, 0.1) is 12.6 Å².